The van der Waals surface area contributed by atoms with Gasteiger partial charge in [-0.3, -0.25) is 9.36 Å². The van der Waals surface area contributed by atoms with Crippen LogP contribution in [0.25, 0.3) is 11.2 Å². The number of hydrogen-bond donors (Lipinski definition) is 1. The summed E-state index contributed by atoms with van der Waals surface area (Å²) in [6.45, 7) is 3.80. The minimum atomic E-state index is -0.853. The molecule has 28 heavy (non-hydrogen) atoms. The van der Waals surface area contributed by atoms with E-state index < -0.39 is 17.8 Å². The van der Waals surface area contributed by atoms with Gasteiger partial charge in [0.1, 0.15) is 12.2 Å². The standard InChI is InChI=1S/C20H18N4O4/c1-2-9-20(11-27-19(26)14-6-4-3-5-7-14)10-8-15(28-20)24-13-23-16-17(24)21-12-22-18(16)25/h2-8,10,12-13,15H,1,9,11H2,(H,21,22,25)/t15-,20+/m1/s1. The number of rotatable bonds is 6. The quantitative estimate of drug-likeness (QED) is 0.522. The fourth-order valence-corrected chi connectivity index (χ4v) is 3.12. The number of aromatic amines is 1. The van der Waals surface area contributed by atoms with Crippen LogP contribution >= 0.6 is 0 Å². The fraction of sp³-hybridized carbons (Fsp3) is 0.200. The van der Waals surface area contributed by atoms with E-state index in [1.807, 2.05) is 18.2 Å². The average Bonchev–Trinajstić information content (AvgIpc) is 3.33. The van der Waals surface area contributed by atoms with Crippen molar-refractivity contribution in [1.82, 2.24) is 19.5 Å². The molecular formula is C20H18N4O4. The van der Waals surface area contributed by atoms with Gasteiger partial charge in [-0.25, -0.2) is 14.8 Å². The van der Waals surface area contributed by atoms with Gasteiger partial charge in [-0.05, 0) is 24.3 Å². The summed E-state index contributed by atoms with van der Waals surface area (Å²) in [7, 11) is 0. The summed E-state index contributed by atoms with van der Waals surface area (Å²) in [5.74, 6) is -0.425. The number of H-pyrrole nitrogens is 1. The first kappa shape index (κ1) is 17.9. The predicted molar refractivity (Wildman–Crippen MR) is 102 cm³/mol. The number of hydrogen-bond acceptors (Lipinski definition) is 6. The summed E-state index contributed by atoms with van der Waals surface area (Å²) in [5.41, 5.74) is -0.0572. The molecule has 8 heteroatoms. The lowest BCUT2D eigenvalue weighted by Crippen LogP contribution is -2.35. The van der Waals surface area contributed by atoms with Crippen LogP contribution in [0, 0.1) is 0 Å². The number of benzene rings is 1. The summed E-state index contributed by atoms with van der Waals surface area (Å²) in [6.07, 6.45) is 8.11. The number of aromatic nitrogens is 4. The van der Waals surface area contributed by atoms with Crippen LogP contribution in [0.3, 0.4) is 0 Å². The Kier molecular flexibility index (Phi) is 4.62. The monoisotopic (exact) mass is 378 g/mol. The Balaban J connectivity index is 1.53. The molecule has 0 saturated heterocycles. The van der Waals surface area contributed by atoms with Crippen LogP contribution in [0.1, 0.15) is 23.0 Å². The third kappa shape index (κ3) is 3.25. The Labute approximate surface area is 160 Å². The topological polar surface area (TPSA) is 99.1 Å². The van der Waals surface area contributed by atoms with Gasteiger partial charge < -0.3 is 14.5 Å². The molecule has 0 saturated carbocycles. The molecule has 0 spiro atoms. The van der Waals surface area contributed by atoms with Crippen molar-refractivity contribution >= 4 is 17.1 Å². The third-order valence-corrected chi connectivity index (χ3v) is 4.51. The molecule has 2 atom stereocenters. The van der Waals surface area contributed by atoms with Crippen molar-refractivity contribution in [2.75, 3.05) is 6.61 Å². The van der Waals surface area contributed by atoms with Crippen LogP contribution in [0.2, 0.25) is 0 Å². The highest BCUT2D eigenvalue weighted by Gasteiger charge is 2.37. The Hall–Kier alpha value is -3.52. The van der Waals surface area contributed by atoms with Crippen LogP contribution in [0.4, 0.5) is 0 Å². The zero-order chi connectivity index (χ0) is 19.6. The molecule has 142 valence electrons. The molecular weight excluding hydrogens is 360 g/mol. The second-order valence-corrected chi connectivity index (χ2v) is 6.42. The summed E-state index contributed by atoms with van der Waals surface area (Å²) in [6, 6.07) is 8.76. The van der Waals surface area contributed by atoms with Crippen LogP contribution in [-0.4, -0.2) is 37.7 Å². The molecule has 0 amide bonds. The number of nitrogens with one attached hydrogen (secondary N) is 1. The van der Waals surface area contributed by atoms with Crippen molar-refractivity contribution in [3.63, 3.8) is 0 Å². The number of imidazole rings is 1. The molecule has 1 aromatic carbocycles. The Bertz CT molecular complexity index is 1100. The van der Waals surface area contributed by atoms with Crippen LogP contribution in [0.15, 0.2) is 72.6 Å². The first-order valence-electron chi connectivity index (χ1n) is 8.72. The number of carbonyl (C=O) groups is 1. The highest BCUT2D eigenvalue weighted by Crippen LogP contribution is 2.34. The molecule has 0 radical (unpaired) electrons. The maximum Gasteiger partial charge on any atom is 0.338 e. The highest BCUT2D eigenvalue weighted by molar-refractivity contribution is 5.89. The molecule has 3 heterocycles. The van der Waals surface area contributed by atoms with E-state index in [9.17, 15) is 9.59 Å². The van der Waals surface area contributed by atoms with Gasteiger partial charge in [-0.1, -0.05) is 24.3 Å². The van der Waals surface area contributed by atoms with Gasteiger partial charge in [0.05, 0.1) is 18.2 Å². The van der Waals surface area contributed by atoms with Crippen molar-refractivity contribution in [3.05, 3.63) is 83.7 Å². The van der Waals surface area contributed by atoms with E-state index in [-0.39, 0.29) is 17.7 Å². The molecule has 1 aliphatic rings. The van der Waals surface area contributed by atoms with E-state index >= 15 is 0 Å². The first-order chi connectivity index (χ1) is 13.6. The van der Waals surface area contributed by atoms with Gasteiger partial charge in [-0.2, -0.15) is 0 Å². The molecule has 1 N–H and O–H groups in total. The van der Waals surface area contributed by atoms with Crippen molar-refractivity contribution < 1.29 is 14.3 Å². The smallest absolute Gasteiger partial charge is 0.338 e. The summed E-state index contributed by atoms with van der Waals surface area (Å²) >= 11 is 0. The second kappa shape index (κ2) is 7.24. The maximum atomic E-state index is 12.3. The number of nitrogens with zero attached hydrogens (tertiary/aromatic N) is 3. The minimum absolute atomic E-state index is 0.0282. The lowest BCUT2D eigenvalue weighted by atomic mass is 10.0. The molecule has 8 nitrogen and oxygen atoms in total. The molecule has 1 aliphatic heterocycles. The van der Waals surface area contributed by atoms with Gasteiger partial charge in [0.2, 0.25) is 0 Å². The van der Waals surface area contributed by atoms with Crippen molar-refractivity contribution in [2.24, 2.45) is 0 Å². The summed E-state index contributed by atoms with van der Waals surface area (Å²) in [4.78, 5) is 34.9. The van der Waals surface area contributed by atoms with E-state index in [1.165, 1.54) is 12.7 Å². The van der Waals surface area contributed by atoms with E-state index in [4.69, 9.17) is 9.47 Å². The van der Waals surface area contributed by atoms with Crippen LogP contribution in [0.5, 0.6) is 0 Å². The van der Waals surface area contributed by atoms with Gasteiger partial charge in [0.25, 0.3) is 5.56 Å². The molecule has 0 unspecified atom stereocenters. The average molecular weight is 378 g/mol. The largest absolute Gasteiger partial charge is 0.459 e. The molecule has 0 aliphatic carbocycles. The Morgan fingerprint density at radius 2 is 2.18 bits per heavy atom. The van der Waals surface area contributed by atoms with Crippen LogP contribution in [-0.2, 0) is 9.47 Å². The van der Waals surface area contributed by atoms with E-state index in [0.717, 1.165) is 0 Å². The Morgan fingerprint density at radius 3 is 2.96 bits per heavy atom. The normalized spacial score (nSPS) is 21.1. The lowest BCUT2D eigenvalue weighted by Gasteiger charge is -2.27. The van der Waals surface area contributed by atoms with Gasteiger partial charge in [0.15, 0.2) is 17.4 Å². The zero-order valence-electron chi connectivity index (χ0n) is 14.9. The van der Waals surface area contributed by atoms with Crippen LogP contribution < -0.4 is 5.56 Å². The van der Waals surface area contributed by atoms with Gasteiger partial charge in [0, 0.05) is 6.42 Å². The minimum Gasteiger partial charge on any atom is -0.459 e. The molecule has 3 aromatic rings. The summed E-state index contributed by atoms with van der Waals surface area (Å²) < 4.78 is 13.3. The first-order valence-corrected chi connectivity index (χ1v) is 8.72. The molecule has 0 fully saturated rings. The van der Waals surface area contributed by atoms with E-state index in [2.05, 4.69) is 21.5 Å². The lowest BCUT2D eigenvalue weighted by molar-refractivity contribution is -0.0842. The second-order valence-electron chi connectivity index (χ2n) is 6.42. The predicted octanol–water partition coefficient (Wildman–Crippen LogP) is 2.38. The van der Waals surface area contributed by atoms with Gasteiger partial charge >= 0.3 is 5.97 Å². The van der Waals surface area contributed by atoms with Crippen molar-refractivity contribution in [3.8, 4) is 0 Å². The number of fused-ring (bicyclic) bond motifs is 1. The number of esters is 1. The maximum absolute atomic E-state index is 12.3. The zero-order valence-corrected chi connectivity index (χ0v) is 14.9. The SMILES string of the molecule is C=CC[C@@]1(COC(=O)c2ccccc2)C=C[C@H](n2cnc3c(=O)[nH]cnc32)O1. The Morgan fingerprint density at radius 1 is 1.36 bits per heavy atom. The number of carbonyl (C=O) groups excluding carboxylic acids is 1. The summed E-state index contributed by atoms with van der Waals surface area (Å²) in [5, 5.41) is 0. The highest BCUT2D eigenvalue weighted by atomic mass is 16.6. The molecule has 2 aromatic heterocycles. The number of ether oxygens (including phenoxy) is 2. The molecule has 0 bridgehead atoms. The fourth-order valence-electron chi connectivity index (χ4n) is 3.12. The molecule has 4 rings (SSSR count). The van der Waals surface area contributed by atoms with Crippen molar-refractivity contribution in [1.29, 1.82) is 0 Å². The van der Waals surface area contributed by atoms with Gasteiger partial charge in [-0.15, -0.1) is 6.58 Å². The van der Waals surface area contributed by atoms with E-state index in [0.29, 0.717) is 17.6 Å². The van der Waals surface area contributed by atoms with Crippen molar-refractivity contribution in [2.45, 2.75) is 18.2 Å². The van der Waals surface area contributed by atoms with E-state index in [1.54, 1.807) is 34.9 Å². The third-order valence-electron chi connectivity index (χ3n) is 4.51.